The summed E-state index contributed by atoms with van der Waals surface area (Å²) in [6.45, 7) is 7.03. The molecule has 1 saturated heterocycles. The van der Waals surface area contributed by atoms with Gasteiger partial charge in [0.15, 0.2) is 0 Å². The van der Waals surface area contributed by atoms with Crippen molar-refractivity contribution in [2.75, 3.05) is 12.3 Å². The molecule has 1 heterocycles. The van der Waals surface area contributed by atoms with Crippen LogP contribution < -0.4 is 0 Å². The predicted octanol–water partition coefficient (Wildman–Crippen LogP) is 2.28. The zero-order valence-electron chi connectivity index (χ0n) is 10.3. The van der Waals surface area contributed by atoms with Crippen LogP contribution in [0.1, 0.15) is 33.6 Å². The molecular weight excluding hydrogens is 220 g/mol. The van der Waals surface area contributed by atoms with Crippen LogP contribution in [0.4, 0.5) is 0 Å². The van der Waals surface area contributed by atoms with Crippen molar-refractivity contribution in [3.8, 4) is 6.07 Å². The van der Waals surface area contributed by atoms with E-state index in [0.29, 0.717) is 11.7 Å². The number of nitriles is 1. The summed E-state index contributed by atoms with van der Waals surface area (Å²) >= 11 is 1.90. The van der Waals surface area contributed by atoms with Crippen molar-refractivity contribution in [3.63, 3.8) is 0 Å². The molecule has 1 fully saturated rings. The van der Waals surface area contributed by atoms with Crippen molar-refractivity contribution < 1.29 is 4.79 Å². The van der Waals surface area contributed by atoms with Gasteiger partial charge in [-0.05, 0) is 13.3 Å². The fourth-order valence-electron chi connectivity index (χ4n) is 1.98. The van der Waals surface area contributed by atoms with E-state index in [1.807, 2.05) is 23.6 Å². The molecule has 0 bridgehead atoms. The zero-order valence-corrected chi connectivity index (χ0v) is 11.1. The van der Waals surface area contributed by atoms with Crippen molar-refractivity contribution in [1.82, 2.24) is 4.90 Å². The van der Waals surface area contributed by atoms with E-state index in [9.17, 15) is 4.79 Å². The molecule has 3 atom stereocenters. The number of carbonyl (C=O) groups excluding carboxylic acids is 1. The van der Waals surface area contributed by atoms with Crippen LogP contribution in [0.15, 0.2) is 0 Å². The zero-order chi connectivity index (χ0) is 12.1. The molecule has 0 aromatic carbocycles. The maximum absolute atomic E-state index is 12.2. The lowest BCUT2D eigenvalue weighted by atomic mass is 10.0. The first-order chi connectivity index (χ1) is 7.61. The minimum Gasteiger partial charge on any atom is -0.337 e. The number of amides is 1. The second-order valence-corrected chi connectivity index (χ2v) is 5.80. The van der Waals surface area contributed by atoms with Gasteiger partial charge in [-0.2, -0.15) is 17.0 Å². The molecule has 1 aliphatic heterocycles. The van der Waals surface area contributed by atoms with Crippen molar-refractivity contribution in [1.29, 1.82) is 5.26 Å². The Morgan fingerprint density at radius 1 is 1.62 bits per heavy atom. The molecular formula is C12H20N2OS. The molecule has 0 saturated carbocycles. The normalized spacial score (nSPS) is 27.2. The van der Waals surface area contributed by atoms with Gasteiger partial charge in [0.1, 0.15) is 5.92 Å². The summed E-state index contributed by atoms with van der Waals surface area (Å²) in [6.07, 6.45) is 1.57. The first kappa shape index (κ1) is 13.4. The van der Waals surface area contributed by atoms with Crippen molar-refractivity contribution in [2.24, 2.45) is 5.92 Å². The average Bonchev–Trinajstić information content (AvgIpc) is 2.29. The lowest BCUT2D eigenvalue weighted by Crippen LogP contribution is -2.49. The molecule has 0 N–H and O–H groups in total. The number of rotatable bonds is 3. The van der Waals surface area contributed by atoms with Crippen LogP contribution >= 0.6 is 11.8 Å². The van der Waals surface area contributed by atoms with Gasteiger partial charge in [0.25, 0.3) is 0 Å². The maximum atomic E-state index is 12.2. The minimum atomic E-state index is -0.442. The summed E-state index contributed by atoms with van der Waals surface area (Å²) in [5, 5.41) is 9.48. The van der Waals surface area contributed by atoms with E-state index in [0.717, 1.165) is 18.7 Å². The number of hydrogen-bond acceptors (Lipinski definition) is 3. The first-order valence-corrected chi connectivity index (χ1v) is 6.98. The Balaban J connectivity index is 2.68. The van der Waals surface area contributed by atoms with Crippen LogP contribution in [-0.4, -0.2) is 34.4 Å². The molecule has 0 aromatic heterocycles. The lowest BCUT2D eigenvalue weighted by Gasteiger charge is -2.38. The van der Waals surface area contributed by atoms with Crippen molar-refractivity contribution >= 4 is 17.7 Å². The molecule has 1 amide bonds. The van der Waals surface area contributed by atoms with Crippen LogP contribution in [0, 0.1) is 17.2 Å². The standard InChI is InChI=1S/C12H20N2OS/c1-4-5-11(8-13)12(15)14-6-7-16-10(3)9(14)2/h9-11H,4-7H2,1-3H3. The van der Waals surface area contributed by atoms with Gasteiger partial charge >= 0.3 is 0 Å². The minimum absolute atomic E-state index is 0.0315. The van der Waals surface area contributed by atoms with Crippen LogP contribution in [0.5, 0.6) is 0 Å². The third kappa shape index (κ3) is 2.91. The molecule has 4 heteroatoms. The fraction of sp³-hybridized carbons (Fsp3) is 0.833. The van der Waals surface area contributed by atoms with E-state index >= 15 is 0 Å². The van der Waals surface area contributed by atoms with Gasteiger partial charge in [0.2, 0.25) is 5.91 Å². The summed E-state index contributed by atoms with van der Waals surface area (Å²) in [6, 6.07) is 2.39. The van der Waals surface area contributed by atoms with E-state index in [2.05, 4.69) is 19.9 Å². The Hall–Kier alpha value is -0.690. The van der Waals surface area contributed by atoms with Crippen LogP contribution in [-0.2, 0) is 4.79 Å². The molecule has 3 nitrogen and oxygen atoms in total. The Morgan fingerprint density at radius 2 is 2.31 bits per heavy atom. The first-order valence-electron chi connectivity index (χ1n) is 5.93. The molecule has 3 unspecified atom stereocenters. The van der Waals surface area contributed by atoms with Gasteiger partial charge < -0.3 is 4.90 Å². The van der Waals surface area contributed by atoms with E-state index in [-0.39, 0.29) is 11.9 Å². The van der Waals surface area contributed by atoms with Crippen LogP contribution in [0.3, 0.4) is 0 Å². The van der Waals surface area contributed by atoms with Crippen molar-refractivity contribution in [2.45, 2.75) is 44.9 Å². The van der Waals surface area contributed by atoms with Crippen molar-refractivity contribution in [3.05, 3.63) is 0 Å². The Morgan fingerprint density at radius 3 is 2.88 bits per heavy atom. The van der Waals surface area contributed by atoms with Crippen LogP contribution in [0.2, 0.25) is 0 Å². The SMILES string of the molecule is CCCC(C#N)C(=O)N1CCSC(C)C1C. The second-order valence-electron chi connectivity index (χ2n) is 4.32. The van der Waals surface area contributed by atoms with Gasteiger partial charge in [-0.3, -0.25) is 4.79 Å². The van der Waals surface area contributed by atoms with Gasteiger partial charge in [-0.1, -0.05) is 20.3 Å². The number of carbonyl (C=O) groups is 1. The highest BCUT2D eigenvalue weighted by molar-refractivity contribution is 8.00. The summed E-state index contributed by atoms with van der Waals surface area (Å²) in [7, 11) is 0. The molecule has 0 radical (unpaired) electrons. The van der Waals surface area contributed by atoms with E-state index < -0.39 is 5.92 Å². The third-order valence-electron chi connectivity index (χ3n) is 3.20. The Kier molecular flexibility index (Phi) is 5.14. The smallest absolute Gasteiger partial charge is 0.240 e. The number of nitrogens with zero attached hydrogens (tertiary/aromatic N) is 2. The monoisotopic (exact) mass is 240 g/mol. The van der Waals surface area contributed by atoms with E-state index in [1.165, 1.54) is 0 Å². The van der Waals surface area contributed by atoms with Gasteiger partial charge in [0, 0.05) is 23.6 Å². The average molecular weight is 240 g/mol. The Labute approximate surface area is 102 Å². The molecule has 1 rings (SSSR count). The van der Waals surface area contributed by atoms with Gasteiger partial charge in [-0.15, -0.1) is 0 Å². The summed E-state index contributed by atoms with van der Waals surface area (Å²) < 4.78 is 0. The molecule has 0 aliphatic carbocycles. The molecule has 0 aromatic rings. The molecule has 0 spiro atoms. The highest BCUT2D eigenvalue weighted by Crippen LogP contribution is 2.26. The molecule has 90 valence electrons. The van der Waals surface area contributed by atoms with Gasteiger partial charge in [0.05, 0.1) is 6.07 Å². The van der Waals surface area contributed by atoms with Crippen LogP contribution in [0.25, 0.3) is 0 Å². The third-order valence-corrected chi connectivity index (χ3v) is 4.54. The van der Waals surface area contributed by atoms with E-state index in [4.69, 9.17) is 5.26 Å². The Bertz CT molecular complexity index is 287. The molecule has 1 aliphatic rings. The highest BCUT2D eigenvalue weighted by Gasteiger charge is 2.32. The second kappa shape index (κ2) is 6.15. The summed E-state index contributed by atoms with van der Waals surface area (Å²) in [5.74, 6) is 0.577. The molecule has 16 heavy (non-hydrogen) atoms. The highest BCUT2D eigenvalue weighted by atomic mass is 32.2. The number of hydrogen-bond donors (Lipinski definition) is 0. The quantitative estimate of drug-likeness (QED) is 0.760. The topological polar surface area (TPSA) is 44.1 Å². The maximum Gasteiger partial charge on any atom is 0.240 e. The van der Waals surface area contributed by atoms with E-state index in [1.54, 1.807) is 0 Å². The fourth-order valence-corrected chi connectivity index (χ4v) is 3.08. The summed E-state index contributed by atoms with van der Waals surface area (Å²) in [4.78, 5) is 14.1. The number of thioether (sulfide) groups is 1. The lowest BCUT2D eigenvalue weighted by molar-refractivity contribution is -0.135. The summed E-state index contributed by atoms with van der Waals surface area (Å²) in [5.41, 5.74) is 0. The predicted molar refractivity (Wildman–Crippen MR) is 67.1 cm³/mol. The van der Waals surface area contributed by atoms with Gasteiger partial charge in [-0.25, -0.2) is 0 Å². The largest absolute Gasteiger partial charge is 0.337 e.